The van der Waals surface area contributed by atoms with E-state index < -0.39 is 0 Å². The van der Waals surface area contributed by atoms with Gasteiger partial charge in [-0.05, 0) is 32.2 Å². The summed E-state index contributed by atoms with van der Waals surface area (Å²) in [5, 5.41) is 6.91. The lowest BCUT2D eigenvalue weighted by atomic mass is 10.2. The molecule has 1 aliphatic rings. The minimum Gasteiger partial charge on any atom is -0.367 e. The van der Waals surface area contributed by atoms with E-state index in [1.165, 1.54) is 18.4 Å². The van der Waals surface area contributed by atoms with Crippen LogP contribution >= 0.6 is 0 Å². The summed E-state index contributed by atoms with van der Waals surface area (Å²) in [7, 11) is 0. The van der Waals surface area contributed by atoms with Crippen molar-refractivity contribution in [1.29, 1.82) is 0 Å². The highest BCUT2D eigenvalue weighted by atomic mass is 15.1. The molecule has 1 aromatic heterocycles. The Morgan fingerprint density at radius 1 is 1.41 bits per heavy atom. The second-order valence-electron chi connectivity index (χ2n) is 5.23. The normalized spacial score (nSPS) is 15.3. The van der Waals surface area contributed by atoms with Crippen LogP contribution in [0.4, 0.5) is 5.82 Å². The number of rotatable bonds is 6. The summed E-state index contributed by atoms with van der Waals surface area (Å²) in [4.78, 5) is 8.76. The predicted octanol–water partition coefficient (Wildman–Crippen LogP) is 2.10. The van der Waals surface area contributed by atoms with Crippen LogP contribution in [0.5, 0.6) is 0 Å². The van der Waals surface area contributed by atoms with Gasteiger partial charge in [0.2, 0.25) is 0 Å². The third kappa shape index (κ3) is 3.97. The molecule has 1 saturated carbocycles. The van der Waals surface area contributed by atoms with Gasteiger partial charge in [0, 0.05) is 24.3 Å². The molecule has 4 heteroatoms. The van der Waals surface area contributed by atoms with Crippen molar-refractivity contribution in [2.75, 3.05) is 11.9 Å². The van der Waals surface area contributed by atoms with Crippen LogP contribution in [0.1, 0.15) is 38.1 Å². The maximum Gasteiger partial charge on any atom is 0.134 e. The Kier molecular flexibility index (Phi) is 3.94. The Morgan fingerprint density at radius 2 is 2.18 bits per heavy atom. The zero-order valence-electron chi connectivity index (χ0n) is 11.0. The zero-order valence-corrected chi connectivity index (χ0v) is 11.0. The number of hydrogen-bond acceptors (Lipinski definition) is 4. The first-order chi connectivity index (χ1) is 8.15. The van der Waals surface area contributed by atoms with Crippen molar-refractivity contribution >= 4 is 5.82 Å². The quantitative estimate of drug-likeness (QED) is 0.791. The average Bonchev–Trinajstić information content (AvgIpc) is 3.05. The first-order valence-corrected chi connectivity index (χ1v) is 6.45. The van der Waals surface area contributed by atoms with Gasteiger partial charge in [-0.3, -0.25) is 0 Å². The molecule has 1 fully saturated rings. The van der Waals surface area contributed by atoms with Crippen molar-refractivity contribution in [3.8, 4) is 0 Å². The maximum absolute atomic E-state index is 4.49. The minimum absolute atomic E-state index is 0.633. The first kappa shape index (κ1) is 12.3. The van der Waals surface area contributed by atoms with Crippen molar-refractivity contribution in [2.45, 2.75) is 46.2 Å². The highest BCUT2D eigenvalue weighted by Crippen LogP contribution is 2.25. The van der Waals surface area contributed by atoms with Crippen molar-refractivity contribution in [2.24, 2.45) is 5.92 Å². The number of aromatic nitrogens is 2. The largest absolute Gasteiger partial charge is 0.367 e. The van der Waals surface area contributed by atoms with E-state index in [2.05, 4.69) is 34.4 Å². The topological polar surface area (TPSA) is 49.8 Å². The summed E-state index contributed by atoms with van der Waals surface area (Å²) in [6.45, 7) is 8.22. The number of hydrogen-bond donors (Lipinski definition) is 2. The summed E-state index contributed by atoms with van der Waals surface area (Å²) in [6.07, 6.45) is 4.46. The fourth-order valence-electron chi connectivity index (χ4n) is 1.67. The van der Waals surface area contributed by atoms with Crippen LogP contribution in [0.3, 0.4) is 0 Å². The molecule has 0 spiro atoms. The monoisotopic (exact) mass is 234 g/mol. The number of anilines is 1. The van der Waals surface area contributed by atoms with Crippen molar-refractivity contribution in [3.05, 3.63) is 17.6 Å². The van der Waals surface area contributed by atoms with Crippen LogP contribution in [0.15, 0.2) is 6.20 Å². The number of nitrogens with one attached hydrogen (secondary N) is 2. The molecule has 0 amide bonds. The summed E-state index contributed by atoms with van der Waals surface area (Å²) < 4.78 is 0. The molecule has 1 heterocycles. The smallest absolute Gasteiger partial charge is 0.134 e. The van der Waals surface area contributed by atoms with Crippen molar-refractivity contribution < 1.29 is 0 Å². The van der Waals surface area contributed by atoms with Crippen LogP contribution in [0.2, 0.25) is 0 Å². The van der Waals surface area contributed by atoms with Crippen LogP contribution < -0.4 is 10.6 Å². The molecular formula is C13H22N4. The van der Waals surface area contributed by atoms with E-state index in [1.54, 1.807) is 0 Å². The van der Waals surface area contributed by atoms with E-state index in [0.717, 1.165) is 24.7 Å². The summed E-state index contributed by atoms with van der Waals surface area (Å²) in [6, 6.07) is 0.633. The summed E-state index contributed by atoms with van der Waals surface area (Å²) >= 11 is 0. The van der Waals surface area contributed by atoms with E-state index in [1.807, 2.05) is 13.1 Å². The lowest BCUT2D eigenvalue weighted by Gasteiger charge is -2.12. The molecule has 1 aromatic rings. The van der Waals surface area contributed by atoms with Gasteiger partial charge in [-0.2, -0.15) is 0 Å². The third-order valence-corrected chi connectivity index (χ3v) is 2.77. The van der Waals surface area contributed by atoms with E-state index in [-0.39, 0.29) is 0 Å². The molecule has 4 nitrogen and oxygen atoms in total. The average molecular weight is 234 g/mol. The molecule has 0 unspecified atom stereocenters. The molecule has 0 radical (unpaired) electrons. The van der Waals surface area contributed by atoms with Crippen LogP contribution in [0.25, 0.3) is 0 Å². The molecular weight excluding hydrogens is 212 g/mol. The van der Waals surface area contributed by atoms with Gasteiger partial charge in [0.15, 0.2) is 0 Å². The molecule has 0 saturated heterocycles. The first-order valence-electron chi connectivity index (χ1n) is 6.45. The molecule has 2 N–H and O–H groups in total. The van der Waals surface area contributed by atoms with Crippen LogP contribution in [0, 0.1) is 12.8 Å². The molecule has 17 heavy (non-hydrogen) atoms. The Morgan fingerprint density at radius 3 is 2.82 bits per heavy atom. The molecule has 0 bridgehead atoms. The third-order valence-electron chi connectivity index (χ3n) is 2.77. The number of aryl methyl sites for hydroxylation is 1. The lowest BCUT2D eigenvalue weighted by molar-refractivity contribution is 0.551. The Balaban J connectivity index is 1.98. The second kappa shape index (κ2) is 5.45. The number of nitrogens with zero attached hydrogens (tertiary/aromatic N) is 2. The van der Waals surface area contributed by atoms with Crippen LogP contribution in [-0.4, -0.2) is 22.6 Å². The summed E-state index contributed by atoms with van der Waals surface area (Å²) in [5.41, 5.74) is 1.17. The molecule has 1 aliphatic carbocycles. The zero-order chi connectivity index (χ0) is 12.3. The Hall–Kier alpha value is -1.16. The van der Waals surface area contributed by atoms with E-state index in [9.17, 15) is 0 Å². The van der Waals surface area contributed by atoms with E-state index in [0.29, 0.717) is 12.0 Å². The van der Waals surface area contributed by atoms with Crippen molar-refractivity contribution in [3.63, 3.8) is 0 Å². The highest BCUT2D eigenvalue weighted by molar-refractivity contribution is 5.44. The Labute approximate surface area is 103 Å². The second-order valence-corrected chi connectivity index (χ2v) is 5.23. The van der Waals surface area contributed by atoms with Crippen molar-refractivity contribution in [1.82, 2.24) is 15.3 Å². The van der Waals surface area contributed by atoms with Gasteiger partial charge in [0.1, 0.15) is 11.6 Å². The fraction of sp³-hybridized carbons (Fsp3) is 0.692. The minimum atomic E-state index is 0.633. The predicted molar refractivity (Wildman–Crippen MR) is 70.0 cm³/mol. The highest BCUT2D eigenvalue weighted by Gasteiger charge is 2.22. The van der Waals surface area contributed by atoms with Gasteiger partial charge in [-0.1, -0.05) is 13.8 Å². The lowest BCUT2D eigenvalue weighted by Crippen LogP contribution is -2.20. The van der Waals surface area contributed by atoms with Gasteiger partial charge in [-0.15, -0.1) is 0 Å². The van der Waals surface area contributed by atoms with Crippen LogP contribution in [-0.2, 0) is 6.54 Å². The van der Waals surface area contributed by atoms with Gasteiger partial charge >= 0.3 is 0 Å². The van der Waals surface area contributed by atoms with Gasteiger partial charge in [0.05, 0.1) is 0 Å². The van der Waals surface area contributed by atoms with E-state index in [4.69, 9.17) is 0 Å². The fourth-order valence-corrected chi connectivity index (χ4v) is 1.67. The summed E-state index contributed by atoms with van der Waals surface area (Å²) in [5.74, 6) is 2.51. The standard InChI is InChI=1S/C13H22N4/c1-9(2)6-14-7-11-8-15-10(3)16-13(11)17-12-4-5-12/h8-9,12,14H,4-7H2,1-3H3,(H,15,16,17). The molecule has 0 aliphatic heterocycles. The maximum atomic E-state index is 4.49. The van der Waals surface area contributed by atoms with Gasteiger partial charge in [0.25, 0.3) is 0 Å². The van der Waals surface area contributed by atoms with Gasteiger partial charge in [-0.25, -0.2) is 9.97 Å². The van der Waals surface area contributed by atoms with E-state index >= 15 is 0 Å². The Bertz CT molecular complexity index is 372. The van der Waals surface area contributed by atoms with Gasteiger partial charge < -0.3 is 10.6 Å². The molecule has 94 valence electrons. The SMILES string of the molecule is Cc1ncc(CNCC(C)C)c(NC2CC2)n1. The molecule has 0 atom stereocenters. The molecule has 2 rings (SSSR count). The molecule has 0 aromatic carbocycles.